The predicted octanol–water partition coefficient (Wildman–Crippen LogP) is 2.85. The summed E-state index contributed by atoms with van der Waals surface area (Å²) >= 11 is 1.41. The summed E-state index contributed by atoms with van der Waals surface area (Å²) in [6.07, 6.45) is 6.95. The Morgan fingerprint density at radius 1 is 1.18 bits per heavy atom. The number of hydrogen-bond acceptors (Lipinski definition) is 7. The maximum absolute atomic E-state index is 13.1. The van der Waals surface area contributed by atoms with Gasteiger partial charge in [0.25, 0.3) is 11.5 Å². The second-order valence-electron chi connectivity index (χ2n) is 8.24. The van der Waals surface area contributed by atoms with Gasteiger partial charge in [-0.25, -0.2) is 9.59 Å². The first-order chi connectivity index (χ1) is 15.9. The molecule has 2 aromatic rings. The van der Waals surface area contributed by atoms with Crippen molar-refractivity contribution in [2.45, 2.75) is 71.8 Å². The highest BCUT2D eigenvalue weighted by atomic mass is 32.1. The molecule has 0 aromatic carbocycles. The number of anilines is 2. The topological polar surface area (TPSA) is 127 Å². The number of nitrogens with zero attached hydrogens (tertiary/aromatic N) is 2. The number of carbonyl (C=O) groups is 2. The minimum atomic E-state index is -0.726. The monoisotopic (exact) mass is 476 g/mol. The molecular weight excluding hydrogens is 444 g/mol. The average Bonchev–Trinajstić information content (AvgIpc) is 3.38. The number of rotatable bonds is 11. The Bertz CT molecular complexity index is 1100. The molecule has 1 amide bonds. The van der Waals surface area contributed by atoms with Crippen LogP contribution in [0.15, 0.2) is 15.7 Å². The van der Waals surface area contributed by atoms with E-state index in [2.05, 4.69) is 4.98 Å². The van der Waals surface area contributed by atoms with Gasteiger partial charge in [-0.05, 0) is 43.7 Å². The van der Waals surface area contributed by atoms with E-state index < -0.39 is 29.7 Å². The van der Waals surface area contributed by atoms with E-state index in [1.807, 2.05) is 19.9 Å². The summed E-state index contributed by atoms with van der Waals surface area (Å²) in [5.74, 6) is -1.16. The third-order valence-corrected chi connectivity index (χ3v) is 7.00. The molecule has 0 unspecified atom stereocenters. The lowest BCUT2D eigenvalue weighted by Crippen LogP contribution is -2.43. The molecule has 3 N–H and O–H groups in total. The third kappa shape index (κ3) is 5.73. The number of amides is 1. The van der Waals surface area contributed by atoms with Gasteiger partial charge in [0, 0.05) is 18.0 Å². The normalized spacial score (nSPS) is 12.5. The zero-order valence-electron chi connectivity index (χ0n) is 19.3. The maximum Gasteiger partial charge on any atom is 0.348 e. The quantitative estimate of drug-likeness (QED) is 0.379. The number of carbonyl (C=O) groups excluding carboxylic acids is 2. The van der Waals surface area contributed by atoms with E-state index in [1.54, 1.807) is 0 Å². The maximum atomic E-state index is 13.1. The lowest BCUT2D eigenvalue weighted by Gasteiger charge is -2.24. The summed E-state index contributed by atoms with van der Waals surface area (Å²) in [4.78, 5) is 55.7. The van der Waals surface area contributed by atoms with Gasteiger partial charge < -0.3 is 15.4 Å². The fraction of sp³-hybridized carbons (Fsp3) is 0.565. The van der Waals surface area contributed by atoms with Gasteiger partial charge in [-0.15, -0.1) is 11.3 Å². The van der Waals surface area contributed by atoms with Crippen LogP contribution in [0.5, 0.6) is 0 Å². The summed E-state index contributed by atoms with van der Waals surface area (Å²) in [6.45, 7) is 4.06. The first-order valence-electron chi connectivity index (χ1n) is 11.6. The van der Waals surface area contributed by atoms with E-state index in [4.69, 9.17) is 10.5 Å². The Morgan fingerprint density at radius 3 is 2.64 bits per heavy atom. The largest absolute Gasteiger partial charge is 0.451 e. The molecule has 0 saturated carbocycles. The Kier molecular flexibility index (Phi) is 8.49. The Balaban J connectivity index is 1.81. The molecule has 0 saturated heterocycles. The fourth-order valence-electron chi connectivity index (χ4n) is 3.96. The fourth-order valence-corrected chi connectivity index (χ4v) is 5.11. The van der Waals surface area contributed by atoms with Crippen molar-refractivity contribution in [3.05, 3.63) is 42.2 Å². The van der Waals surface area contributed by atoms with E-state index in [-0.39, 0.29) is 18.1 Å². The minimum absolute atomic E-state index is 0.0527. The number of thiophene rings is 1. The van der Waals surface area contributed by atoms with Crippen LogP contribution in [-0.4, -0.2) is 34.6 Å². The lowest BCUT2D eigenvalue weighted by atomic mass is 10.2. The molecule has 0 spiro atoms. The number of fused-ring (bicyclic) bond motifs is 1. The highest BCUT2D eigenvalue weighted by Gasteiger charge is 2.26. The van der Waals surface area contributed by atoms with Gasteiger partial charge in [-0.3, -0.25) is 19.1 Å². The summed E-state index contributed by atoms with van der Waals surface area (Å²) in [7, 11) is 0. The summed E-state index contributed by atoms with van der Waals surface area (Å²) in [6, 6.07) is 1.84. The minimum Gasteiger partial charge on any atom is -0.451 e. The molecular formula is C23H32N4O5S. The van der Waals surface area contributed by atoms with E-state index in [0.29, 0.717) is 24.3 Å². The highest BCUT2D eigenvalue weighted by Crippen LogP contribution is 2.31. The van der Waals surface area contributed by atoms with Crippen molar-refractivity contribution in [1.29, 1.82) is 0 Å². The van der Waals surface area contributed by atoms with Crippen molar-refractivity contribution in [2.24, 2.45) is 0 Å². The summed E-state index contributed by atoms with van der Waals surface area (Å²) < 4.78 is 6.57. The van der Waals surface area contributed by atoms with Crippen LogP contribution in [-0.2, 0) is 28.9 Å². The summed E-state index contributed by atoms with van der Waals surface area (Å²) in [5.41, 5.74) is 5.97. The Morgan fingerprint density at radius 2 is 1.94 bits per heavy atom. The van der Waals surface area contributed by atoms with E-state index in [1.165, 1.54) is 31.2 Å². The van der Waals surface area contributed by atoms with Crippen molar-refractivity contribution < 1.29 is 14.3 Å². The molecule has 0 radical (unpaired) electrons. The van der Waals surface area contributed by atoms with Crippen LogP contribution in [0, 0.1) is 0 Å². The van der Waals surface area contributed by atoms with Crippen molar-refractivity contribution in [2.75, 3.05) is 23.8 Å². The first-order valence-corrected chi connectivity index (χ1v) is 12.4. The van der Waals surface area contributed by atoms with Gasteiger partial charge in [0.2, 0.25) is 0 Å². The van der Waals surface area contributed by atoms with Gasteiger partial charge in [0.1, 0.15) is 10.7 Å². The standard InChI is InChI=1S/C23H32N4O5S/c1-3-5-7-12-26(19-20(24)27(11-6-4-2)23(31)25-21(19)29)18(28)14-32-22(30)17-13-15-9-8-10-16(15)33-17/h13H,3-12,14,24H2,1-2H3,(H,25,29,31). The molecule has 1 aliphatic rings. The van der Waals surface area contributed by atoms with Gasteiger partial charge in [0.15, 0.2) is 12.3 Å². The van der Waals surface area contributed by atoms with Gasteiger partial charge in [0.05, 0.1) is 0 Å². The number of H-pyrrole nitrogens is 1. The molecule has 1 aliphatic carbocycles. The molecule has 10 heteroatoms. The number of aromatic amines is 1. The van der Waals surface area contributed by atoms with Crippen LogP contribution < -0.4 is 21.9 Å². The second kappa shape index (κ2) is 11.3. The van der Waals surface area contributed by atoms with E-state index in [9.17, 15) is 19.2 Å². The molecule has 0 fully saturated rings. The zero-order valence-corrected chi connectivity index (χ0v) is 20.1. The van der Waals surface area contributed by atoms with Crippen LogP contribution in [0.2, 0.25) is 0 Å². The van der Waals surface area contributed by atoms with Gasteiger partial charge in [-0.2, -0.15) is 0 Å². The first kappa shape index (κ1) is 24.8. The number of nitrogens with two attached hydrogens (primary N) is 1. The molecule has 33 heavy (non-hydrogen) atoms. The number of unbranched alkanes of at least 4 members (excludes halogenated alkanes) is 3. The van der Waals surface area contributed by atoms with Crippen molar-refractivity contribution in [3.8, 4) is 0 Å². The molecule has 2 aromatic heterocycles. The molecule has 3 rings (SSSR count). The zero-order chi connectivity index (χ0) is 24.0. The van der Waals surface area contributed by atoms with E-state index >= 15 is 0 Å². The van der Waals surface area contributed by atoms with Crippen LogP contribution in [0.25, 0.3) is 0 Å². The second-order valence-corrected chi connectivity index (χ2v) is 9.38. The molecule has 180 valence electrons. The molecule has 2 heterocycles. The number of aryl methyl sites for hydroxylation is 2. The van der Waals surface area contributed by atoms with Crippen molar-refractivity contribution >= 4 is 34.7 Å². The van der Waals surface area contributed by atoms with Crippen molar-refractivity contribution in [3.63, 3.8) is 0 Å². The van der Waals surface area contributed by atoms with E-state index in [0.717, 1.165) is 38.5 Å². The Hall–Kier alpha value is -2.88. The smallest absolute Gasteiger partial charge is 0.348 e. The van der Waals surface area contributed by atoms with Gasteiger partial charge >= 0.3 is 11.7 Å². The van der Waals surface area contributed by atoms with Crippen LogP contribution in [0.3, 0.4) is 0 Å². The summed E-state index contributed by atoms with van der Waals surface area (Å²) in [5, 5.41) is 0. The Labute approximate surface area is 196 Å². The highest BCUT2D eigenvalue weighted by molar-refractivity contribution is 7.14. The number of nitrogens with one attached hydrogen (secondary N) is 1. The molecule has 0 atom stereocenters. The van der Waals surface area contributed by atoms with Gasteiger partial charge in [-0.1, -0.05) is 33.1 Å². The molecule has 0 aliphatic heterocycles. The number of aromatic nitrogens is 2. The van der Waals surface area contributed by atoms with Crippen molar-refractivity contribution in [1.82, 2.24) is 9.55 Å². The number of ether oxygens (including phenoxy) is 1. The number of esters is 1. The SMILES string of the molecule is CCCCCN(C(=O)COC(=O)c1cc2c(s1)CCC2)c1c(N)n(CCCC)c(=O)[nH]c1=O. The van der Waals surface area contributed by atoms with Crippen LogP contribution in [0.1, 0.15) is 72.5 Å². The molecule has 9 nitrogen and oxygen atoms in total. The number of hydrogen-bond donors (Lipinski definition) is 2. The number of nitrogen functional groups attached to an aromatic ring is 1. The van der Waals surface area contributed by atoms with Crippen LogP contribution >= 0.6 is 11.3 Å². The third-order valence-electron chi connectivity index (χ3n) is 5.78. The van der Waals surface area contributed by atoms with Crippen LogP contribution in [0.4, 0.5) is 11.5 Å². The average molecular weight is 477 g/mol. The predicted molar refractivity (Wildman–Crippen MR) is 129 cm³/mol. The lowest BCUT2D eigenvalue weighted by molar-refractivity contribution is -0.121. The molecule has 0 bridgehead atoms.